The van der Waals surface area contributed by atoms with Crippen LogP contribution in [0.15, 0.2) is 32.4 Å². The molecular weight excluding hydrogens is 284 g/mol. The van der Waals surface area contributed by atoms with Crippen LogP contribution >= 0.6 is 11.3 Å². The summed E-state index contributed by atoms with van der Waals surface area (Å²) in [5.74, 6) is 2.29. The summed E-state index contributed by atoms with van der Waals surface area (Å²) >= 11 is 1.69. The third-order valence-electron chi connectivity index (χ3n) is 2.96. The second-order valence-corrected chi connectivity index (χ2v) is 6.56. The van der Waals surface area contributed by atoms with Crippen molar-refractivity contribution in [1.82, 2.24) is 15.6 Å². The van der Waals surface area contributed by atoms with E-state index in [1.807, 2.05) is 0 Å². The summed E-state index contributed by atoms with van der Waals surface area (Å²) in [6.45, 7) is 7.57. The molecule has 0 unspecified atom stereocenters. The van der Waals surface area contributed by atoms with E-state index in [1.54, 1.807) is 24.6 Å². The van der Waals surface area contributed by atoms with E-state index in [2.05, 4.69) is 58.2 Å². The van der Waals surface area contributed by atoms with Gasteiger partial charge in [0.05, 0.1) is 12.7 Å². The zero-order valence-corrected chi connectivity index (χ0v) is 13.8. The highest BCUT2D eigenvalue weighted by Gasteiger charge is 2.19. The molecule has 0 amide bonds. The van der Waals surface area contributed by atoms with E-state index in [4.69, 9.17) is 4.42 Å². The molecule has 0 aliphatic carbocycles. The lowest BCUT2D eigenvalue weighted by Crippen LogP contribution is -2.36. The molecule has 5 nitrogen and oxygen atoms in total. The molecule has 0 aliphatic heterocycles. The molecule has 0 aromatic carbocycles. The van der Waals surface area contributed by atoms with E-state index in [1.165, 1.54) is 5.56 Å². The standard InChI is InChI=1S/C15H22N4OS/c1-15(2,3)12-8-17-13(20-12)9-19-14(16-4)18-7-11-5-6-21-10-11/h5-6,8,10H,7,9H2,1-4H3,(H2,16,18,19). The van der Waals surface area contributed by atoms with E-state index >= 15 is 0 Å². The maximum Gasteiger partial charge on any atom is 0.213 e. The van der Waals surface area contributed by atoms with Crippen molar-refractivity contribution in [3.05, 3.63) is 40.2 Å². The fraction of sp³-hybridized carbons (Fsp3) is 0.467. The number of nitrogens with zero attached hydrogens (tertiary/aromatic N) is 2. The summed E-state index contributed by atoms with van der Waals surface area (Å²) in [6.07, 6.45) is 1.79. The zero-order valence-electron chi connectivity index (χ0n) is 12.9. The van der Waals surface area contributed by atoms with Gasteiger partial charge in [0.1, 0.15) is 5.76 Å². The minimum absolute atomic E-state index is 0.0237. The van der Waals surface area contributed by atoms with Crippen molar-refractivity contribution in [2.45, 2.75) is 39.3 Å². The number of aromatic nitrogens is 1. The smallest absolute Gasteiger partial charge is 0.213 e. The number of thiophene rings is 1. The third-order valence-corrected chi connectivity index (χ3v) is 3.70. The van der Waals surface area contributed by atoms with Gasteiger partial charge in [0.15, 0.2) is 5.96 Å². The number of aliphatic imine (C=N–C) groups is 1. The Hall–Kier alpha value is -1.82. The predicted octanol–water partition coefficient (Wildman–Crippen LogP) is 2.90. The lowest BCUT2D eigenvalue weighted by atomic mass is 9.94. The summed E-state index contributed by atoms with van der Waals surface area (Å²) in [7, 11) is 1.75. The lowest BCUT2D eigenvalue weighted by Gasteiger charge is -2.13. The van der Waals surface area contributed by atoms with Gasteiger partial charge in [-0.3, -0.25) is 4.99 Å². The summed E-state index contributed by atoms with van der Waals surface area (Å²) in [6, 6.07) is 2.09. The Morgan fingerprint density at radius 3 is 2.67 bits per heavy atom. The van der Waals surface area contributed by atoms with Crippen LogP contribution < -0.4 is 10.6 Å². The molecule has 2 rings (SSSR count). The predicted molar refractivity (Wildman–Crippen MR) is 86.6 cm³/mol. The normalized spacial score (nSPS) is 12.5. The first kappa shape index (κ1) is 15.6. The van der Waals surface area contributed by atoms with Gasteiger partial charge in [-0.25, -0.2) is 4.98 Å². The molecule has 0 spiro atoms. The van der Waals surface area contributed by atoms with Crippen LogP contribution in [0.5, 0.6) is 0 Å². The highest BCUT2D eigenvalue weighted by Crippen LogP contribution is 2.22. The highest BCUT2D eigenvalue weighted by molar-refractivity contribution is 7.07. The van der Waals surface area contributed by atoms with Crippen molar-refractivity contribution in [2.24, 2.45) is 4.99 Å². The molecule has 0 bridgehead atoms. The van der Waals surface area contributed by atoms with Crippen LogP contribution in [0.25, 0.3) is 0 Å². The second-order valence-electron chi connectivity index (χ2n) is 5.78. The van der Waals surface area contributed by atoms with Gasteiger partial charge in [0.2, 0.25) is 5.89 Å². The van der Waals surface area contributed by atoms with Gasteiger partial charge in [0, 0.05) is 19.0 Å². The van der Waals surface area contributed by atoms with E-state index < -0.39 is 0 Å². The SMILES string of the molecule is CN=C(NCc1ccsc1)NCc1ncc(C(C)(C)C)o1. The Labute approximate surface area is 129 Å². The Morgan fingerprint density at radius 1 is 1.33 bits per heavy atom. The third kappa shape index (κ3) is 4.60. The van der Waals surface area contributed by atoms with Gasteiger partial charge in [-0.15, -0.1) is 0 Å². The quantitative estimate of drug-likeness (QED) is 0.673. The van der Waals surface area contributed by atoms with Crippen LogP contribution in [-0.4, -0.2) is 18.0 Å². The fourth-order valence-corrected chi connectivity index (χ4v) is 2.37. The molecule has 2 N–H and O–H groups in total. The van der Waals surface area contributed by atoms with Crippen LogP contribution in [0.1, 0.15) is 38.0 Å². The summed E-state index contributed by atoms with van der Waals surface area (Å²) in [5.41, 5.74) is 1.22. The summed E-state index contributed by atoms with van der Waals surface area (Å²) in [4.78, 5) is 8.48. The fourth-order valence-electron chi connectivity index (χ4n) is 1.70. The molecule has 0 saturated heterocycles. The zero-order chi connectivity index (χ0) is 15.3. The molecule has 0 fully saturated rings. The first-order chi connectivity index (χ1) is 9.99. The second kappa shape index (κ2) is 6.76. The van der Waals surface area contributed by atoms with Crippen molar-refractivity contribution in [2.75, 3.05) is 7.05 Å². The topological polar surface area (TPSA) is 62.5 Å². The molecule has 0 aliphatic rings. The average molecular weight is 306 g/mol. The Morgan fingerprint density at radius 2 is 2.10 bits per heavy atom. The average Bonchev–Trinajstić information content (AvgIpc) is 3.09. The van der Waals surface area contributed by atoms with E-state index in [9.17, 15) is 0 Å². The Balaban J connectivity index is 1.84. The van der Waals surface area contributed by atoms with Gasteiger partial charge in [0.25, 0.3) is 0 Å². The van der Waals surface area contributed by atoms with Crippen molar-refractivity contribution >= 4 is 17.3 Å². The van der Waals surface area contributed by atoms with Crippen LogP contribution in [-0.2, 0) is 18.5 Å². The Kier molecular flexibility index (Phi) is 5.01. The van der Waals surface area contributed by atoms with Gasteiger partial charge in [-0.2, -0.15) is 11.3 Å². The van der Waals surface area contributed by atoms with E-state index in [0.717, 1.165) is 18.3 Å². The summed E-state index contributed by atoms with van der Waals surface area (Å²) < 4.78 is 5.74. The van der Waals surface area contributed by atoms with Crippen molar-refractivity contribution in [3.63, 3.8) is 0 Å². The number of nitrogens with one attached hydrogen (secondary N) is 2. The van der Waals surface area contributed by atoms with Gasteiger partial charge < -0.3 is 15.1 Å². The highest BCUT2D eigenvalue weighted by atomic mass is 32.1. The first-order valence-electron chi connectivity index (χ1n) is 6.90. The van der Waals surface area contributed by atoms with Crippen LogP contribution in [0.4, 0.5) is 0 Å². The summed E-state index contributed by atoms with van der Waals surface area (Å²) in [5, 5.41) is 10.6. The van der Waals surface area contributed by atoms with Gasteiger partial charge in [-0.05, 0) is 22.4 Å². The molecule has 2 aromatic rings. The molecular formula is C15H22N4OS. The monoisotopic (exact) mass is 306 g/mol. The maximum absolute atomic E-state index is 5.74. The Bertz CT molecular complexity index is 581. The van der Waals surface area contributed by atoms with Gasteiger partial charge >= 0.3 is 0 Å². The molecule has 2 aromatic heterocycles. The van der Waals surface area contributed by atoms with E-state index in [-0.39, 0.29) is 5.41 Å². The number of oxazole rings is 1. The van der Waals surface area contributed by atoms with Crippen LogP contribution in [0, 0.1) is 0 Å². The van der Waals surface area contributed by atoms with Crippen LogP contribution in [0.3, 0.4) is 0 Å². The van der Waals surface area contributed by atoms with Crippen LogP contribution in [0.2, 0.25) is 0 Å². The minimum Gasteiger partial charge on any atom is -0.443 e. The number of hydrogen-bond donors (Lipinski definition) is 2. The van der Waals surface area contributed by atoms with Crippen molar-refractivity contribution < 1.29 is 4.42 Å². The number of hydrogen-bond acceptors (Lipinski definition) is 4. The first-order valence-corrected chi connectivity index (χ1v) is 7.84. The number of rotatable bonds is 4. The van der Waals surface area contributed by atoms with E-state index in [0.29, 0.717) is 12.4 Å². The van der Waals surface area contributed by atoms with Crippen molar-refractivity contribution in [1.29, 1.82) is 0 Å². The van der Waals surface area contributed by atoms with Gasteiger partial charge in [-0.1, -0.05) is 20.8 Å². The molecule has 0 radical (unpaired) electrons. The minimum atomic E-state index is -0.0237. The molecule has 21 heavy (non-hydrogen) atoms. The number of guanidine groups is 1. The molecule has 6 heteroatoms. The lowest BCUT2D eigenvalue weighted by molar-refractivity contribution is 0.379. The largest absolute Gasteiger partial charge is 0.443 e. The van der Waals surface area contributed by atoms with Crippen molar-refractivity contribution in [3.8, 4) is 0 Å². The molecule has 0 atom stereocenters. The molecule has 0 saturated carbocycles. The maximum atomic E-state index is 5.74. The molecule has 2 heterocycles. The molecule has 114 valence electrons.